The van der Waals surface area contributed by atoms with Gasteiger partial charge in [0.2, 0.25) is 6.29 Å². The summed E-state index contributed by atoms with van der Waals surface area (Å²) in [6.45, 7) is 0. The lowest BCUT2D eigenvalue weighted by Gasteiger charge is -2.03. The standard InChI is InChI=1S/C11H12O3/c12-10-7-9(11(13)14-10)6-8-4-2-1-3-5-8/h1-5,9-10,12H,6-7H2/t9-,10-/m1/s1. The van der Waals surface area contributed by atoms with Gasteiger partial charge in [-0.05, 0) is 12.0 Å². The Balaban J connectivity index is 2.02. The molecule has 0 aliphatic carbocycles. The van der Waals surface area contributed by atoms with E-state index >= 15 is 0 Å². The number of cyclic esters (lactones) is 1. The van der Waals surface area contributed by atoms with Gasteiger partial charge in [-0.25, -0.2) is 0 Å². The zero-order valence-electron chi connectivity index (χ0n) is 7.72. The Bertz CT molecular complexity index is 321. The monoisotopic (exact) mass is 192 g/mol. The third-order valence-electron chi connectivity index (χ3n) is 2.40. The summed E-state index contributed by atoms with van der Waals surface area (Å²) in [5, 5.41) is 9.10. The molecule has 74 valence electrons. The molecule has 1 N–H and O–H groups in total. The third kappa shape index (κ3) is 1.93. The van der Waals surface area contributed by atoms with E-state index in [4.69, 9.17) is 5.11 Å². The van der Waals surface area contributed by atoms with Gasteiger partial charge in [-0.15, -0.1) is 0 Å². The lowest BCUT2D eigenvalue weighted by molar-refractivity contribution is -0.155. The summed E-state index contributed by atoms with van der Waals surface area (Å²) in [5.74, 6) is -0.478. The van der Waals surface area contributed by atoms with Gasteiger partial charge in [0, 0.05) is 6.42 Å². The normalized spacial score (nSPS) is 26.2. The molecular weight excluding hydrogens is 180 g/mol. The maximum Gasteiger partial charge on any atom is 0.311 e. The molecule has 0 bridgehead atoms. The van der Waals surface area contributed by atoms with Gasteiger partial charge in [-0.1, -0.05) is 30.3 Å². The van der Waals surface area contributed by atoms with Crippen LogP contribution >= 0.6 is 0 Å². The summed E-state index contributed by atoms with van der Waals surface area (Å²) in [5.41, 5.74) is 1.10. The van der Waals surface area contributed by atoms with Crippen molar-refractivity contribution in [1.82, 2.24) is 0 Å². The van der Waals surface area contributed by atoms with E-state index in [0.29, 0.717) is 12.8 Å². The first-order valence-electron chi connectivity index (χ1n) is 4.68. The first kappa shape index (κ1) is 9.21. The molecule has 3 nitrogen and oxygen atoms in total. The molecule has 1 fully saturated rings. The van der Waals surface area contributed by atoms with E-state index in [9.17, 15) is 4.79 Å². The van der Waals surface area contributed by atoms with Gasteiger partial charge in [0.1, 0.15) is 0 Å². The molecule has 0 aromatic heterocycles. The van der Waals surface area contributed by atoms with Crippen molar-refractivity contribution in [3.8, 4) is 0 Å². The maximum absolute atomic E-state index is 11.2. The number of aliphatic hydroxyl groups excluding tert-OH is 1. The summed E-state index contributed by atoms with van der Waals surface area (Å²) in [6.07, 6.45) is 0.154. The second kappa shape index (κ2) is 3.80. The number of carbonyl (C=O) groups is 1. The van der Waals surface area contributed by atoms with Crippen LogP contribution in [0, 0.1) is 5.92 Å². The van der Waals surface area contributed by atoms with Gasteiger partial charge < -0.3 is 9.84 Å². The Morgan fingerprint density at radius 3 is 2.64 bits per heavy atom. The molecule has 1 aliphatic rings. The largest absolute Gasteiger partial charge is 0.436 e. The Labute approximate surface area is 82.3 Å². The molecule has 3 heteroatoms. The van der Waals surface area contributed by atoms with E-state index in [2.05, 4.69) is 4.74 Å². The number of benzene rings is 1. The fourth-order valence-corrected chi connectivity index (χ4v) is 1.68. The van der Waals surface area contributed by atoms with Gasteiger partial charge in [0.25, 0.3) is 0 Å². The SMILES string of the molecule is O=C1O[C@@H](O)C[C@H]1Cc1ccccc1. The van der Waals surface area contributed by atoms with E-state index < -0.39 is 6.29 Å². The quantitative estimate of drug-likeness (QED) is 0.714. The van der Waals surface area contributed by atoms with Crippen LogP contribution < -0.4 is 0 Å². The highest BCUT2D eigenvalue weighted by Crippen LogP contribution is 2.23. The zero-order valence-corrected chi connectivity index (χ0v) is 7.72. The predicted octanol–water partition coefficient (Wildman–Crippen LogP) is 1.11. The fraction of sp³-hybridized carbons (Fsp3) is 0.364. The number of hydrogen-bond acceptors (Lipinski definition) is 3. The van der Waals surface area contributed by atoms with E-state index in [1.54, 1.807) is 0 Å². The summed E-state index contributed by atoms with van der Waals surface area (Å²) in [6, 6.07) is 9.75. The molecule has 0 unspecified atom stereocenters. The third-order valence-corrected chi connectivity index (χ3v) is 2.40. The number of ether oxygens (including phenoxy) is 1. The van der Waals surface area contributed by atoms with E-state index in [1.807, 2.05) is 30.3 Å². The topological polar surface area (TPSA) is 46.5 Å². The van der Waals surface area contributed by atoms with Crippen LogP contribution in [-0.4, -0.2) is 17.4 Å². The lowest BCUT2D eigenvalue weighted by atomic mass is 9.98. The van der Waals surface area contributed by atoms with Crippen molar-refractivity contribution >= 4 is 5.97 Å². The highest BCUT2D eigenvalue weighted by atomic mass is 16.6. The molecule has 2 rings (SSSR count). The molecule has 0 spiro atoms. The van der Waals surface area contributed by atoms with Crippen molar-refractivity contribution in [2.45, 2.75) is 19.1 Å². The van der Waals surface area contributed by atoms with Crippen LogP contribution in [0.15, 0.2) is 30.3 Å². The first-order valence-corrected chi connectivity index (χ1v) is 4.68. The molecule has 0 saturated carbocycles. The molecule has 2 atom stereocenters. The summed E-state index contributed by atoms with van der Waals surface area (Å²) >= 11 is 0. The highest BCUT2D eigenvalue weighted by molar-refractivity contribution is 5.74. The minimum atomic E-state index is -0.906. The van der Waals surface area contributed by atoms with Crippen LogP contribution in [0.2, 0.25) is 0 Å². The summed E-state index contributed by atoms with van der Waals surface area (Å²) < 4.78 is 4.66. The summed E-state index contributed by atoms with van der Waals surface area (Å²) in [4.78, 5) is 11.2. The number of carbonyl (C=O) groups excluding carboxylic acids is 1. The highest BCUT2D eigenvalue weighted by Gasteiger charge is 2.32. The molecule has 14 heavy (non-hydrogen) atoms. The number of hydrogen-bond donors (Lipinski definition) is 1. The molecule has 1 aromatic carbocycles. The van der Waals surface area contributed by atoms with Crippen molar-refractivity contribution in [3.63, 3.8) is 0 Å². The second-order valence-corrected chi connectivity index (χ2v) is 3.51. The second-order valence-electron chi connectivity index (χ2n) is 3.51. The lowest BCUT2D eigenvalue weighted by Crippen LogP contribution is -2.10. The molecule has 1 aromatic rings. The average molecular weight is 192 g/mol. The molecular formula is C11H12O3. The van der Waals surface area contributed by atoms with Crippen LogP contribution in [0.5, 0.6) is 0 Å². The maximum atomic E-state index is 11.2. The van der Waals surface area contributed by atoms with Crippen molar-refractivity contribution in [2.75, 3.05) is 0 Å². The molecule has 1 saturated heterocycles. The molecule has 0 radical (unpaired) electrons. The predicted molar refractivity (Wildman–Crippen MR) is 50.4 cm³/mol. The van der Waals surface area contributed by atoms with E-state index in [-0.39, 0.29) is 11.9 Å². The van der Waals surface area contributed by atoms with Gasteiger partial charge in [-0.3, -0.25) is 4.79 Å². The van der Waals surface area contributed by atoms with Gasteiger partial charge in [-0.2, -0.15) is 0 Å². The Morgan fingerprint density at radius 2 is 2.07 bits per heavy atom. The van der Waals surface area contributed by atoms with Gasteiger partial charge in [0.05, 0.1) is 5.92 Å². The van der Waals surface area contributed by atoms with Crippen molar-refractivity contribution in [1.29, 1.82) is 0 Å². The van der Waals surface area contributed by atoms with Crippen molar-refractivity contribution in [3.05, 3.63) is 35.9 Å². The fourth-order valence-electron chi connectivity index (χ4n) is 1.68. The van der Waals surface area contributed by atoms with E-state index in [1.165, 1.54) is 0 Å². The Kier molecular flexibility index (Phi) is 2.50. The Morgan fingerprint density at radius 1 is 1.36 bits per heavy atom. The van der Waals surface area contributed by atoms with Crippen LogP contribution in [0.1, 0.15) is 12.0 Å². The molecule has 0 amide bonds. The van der Waals surface area contributed by atoms with Crippen LogP contribution in [0.4, 0.5) is 0 Å². The Hall–Kier alpha value is -1.35. The first-order chi connectivity index (χ1) is 6.75. The minimum absolute atomic E-state index is 0.188. The minimum Gasteiger partial charge on any atom is -0.436 e. The molecule has 1 aliphatic heterocycles. The summed E-state index contributed by atoms with van der Waals surface area (Å²) in [7, 11) is 0. The smallest absolute Gasteiger partial charge is 0.311 e. The number of rotatable bonds is 2. The van der Waals surface area contributed by atoms with E-state index in [0.717, 1.165) is 5.56 Å². The van der Waals surface area contributed by atoms with Crippen molar-refractivity contribution in [2.24, 2.45) is 5.92 Å². The van der Waals surface area contributed by atoms with Gasteiger partial charge >= 0.3 is 5.97 Å². The molecule has 1 heterocycles. The average Bonchev–Trinajstić information content (AvgIpc) is 2.47. The van der Waals surface area contributed by atoms with Crippen LogP contribution in [0.25, 0.3) is 0 Å². The number of esters is 1. The van der Waals surface area contributed by atoms with Crippen molar-refractivity contribution < 1.29 is 14.6 Å². The number of aliphatic hydroxyl groups is 1. The van der Waals surface area contributed by atoms with Gasteiger partial charge in [0.15, 0.2) is 0 Å². The van der Waals surface area contributed by atoms with Crippen LogP contribution in [0.3, 0.4) is 0 Å². The van der Waals surface area contributed by atoms with Crippen LogP contribution in [-0.2, 0) is 16.0 Å². The zero-order chi connectivity index (χ0) is 9.97.